The highest BCUT2D eigenvalue weighted by Gasteiger charge is 2.26. The van der Waals surface area contributed by atoms with Gasteiger partial charge in [0, 0.05) is 30.0 Å². The van der Waals surface area contributed by atoms with Gasteiger partial charge in [0.05, 0.1) is 23.9 Å². The summed E-state index contributed by atoms with van der Waals surface area (Å²) in [6.07, 6.45) is 0.911. The number of nitrogens with zero attached hydrogens (tertiary/aromatic N) is 3. The van der Waals surface area contributed by atoms with Crippen LogP contribution in [0.5, 0.6) is 5.75 Å². The molecule has 0 aliphatic carbocycles. The van der Waals surface area contributed by atoms with Gasteiger partial charge in [-0.3, -0.25) is 9.59 Å². The summed E-state index contributed by atoms with van der Waals surface area (Å²) in [4.78, 5) is 24.6. The van der Waals surface area contributed by atoms with Crippen molar-refractivity contribution in [2.24, 2.45) is 16.3 Å². The highest BCUT2D eigenvalue weighted by Crippen LogP contribution is 2.33. The minimum Gasteiger partial charge on any atom is -0.493 e. The molecule has 0 amide bonds. The zero-order valence-electron chi connectivity index (χ0n) is 18.4. The number of carbonyl (C=O) groups excluding carboxylic acids is 1. The average molecular weight is 447 g/mol. The van der Waals surface area contributed by atoms with Crippen molar-refractivity contribution in [3.05, 3.63) is 66.4 Å². The van der Waals surface area contributed by atoms with E-state index < -0.39 is 11.9 Å². The molecule has 170 valence electrons. The normalized spacial score (nSPS) is 13.7. The minimum atomic E-state index is -1.05. The zero-order valence-corrected chi connectivity index (χ0v) is 18.4. The average Bonchev–Trinajstić information content (AvgIpc) is 3.25. The fourth-order valence-corrected chi connectivity index (χ4v) is 3.65. The SMILES string of the molecule is C=C1c2ccccc2N=NN1CCC(CC(=O)c1cc2ccc(OCCC)cc2o1)C(=O)O. The van der Waals surface area contributed by atoms with Gasteiger partial charge in [0.25, 0.3) is 0 Å². The molecule has 3 aromatic rings. The number of Topliss-reactive ketones (excluding diaryl/α,β-unsaturated/α-hetero) is 1. The van der Waals surface area contributed by atoms with E-state index in [2.05, 4.69) is 16.9 Å². The zero-order chi connectivity index (χ0) is 23.4. The first-order chi connectivity index (χ1) is 16.0. The predicted molar refractivity (Wildman–Crippen MR) is 123 cm³/mol. The van der Waals surface area contributed by atoms with Crippen LogP contribution in [0.4, 0.5) is 5.69 Å². The summed E-state index contributed by atoms with van der Waals surface area (Å²) in [5, 5.41) is 20.3. The molecule has 33 heavy (non-hydrogen) atoms. The molecule has 0 radical (unpaired) electrons. The molecular weight excluding hydrogens is 422 g/mol. The van der Waals surface area contributed by atoms with Gasteiger partial charge in [0.15, 0.2) is 11.5 Å². The second kappa shape index (κ2) is 9.68. The van der Waals surface area contributed by atoms with E-state index in [1.807, 2.05) is 43.3 Å². The minimum absolute atomic E-state index is 0.139. The van der Waals surface area contributed by atoms with Crippen LogP contribution in [-0.4, -0.2) is 35.0 Å². The monoisotopic (exact) mass is 447 g/mol. The highest BCUT2D eigenvalue weighted by atomic mass is 16.5. The summed E-state index contributed by atoms with van der Waals surface area (Å²) in [5.74, 6) is -1.50. The quantitative estimate of drug-likeness (QED) is 0.390. The van der Waals surface area contributed by atoms with E-state index in [0.29, 0.717) is 23.6 Å². The number of hydrogen-bond donors (Lipinski definition) is 1. The Morgan fingerprint density at radius 2 is 2.03 bits per heavy atom. The molecule has 1 unspecified atom stereocenters. The Hall–Kier alpha value is -3.94. The summed E-state index contributed by atoms with van der Waals surface area (Å²) >= 11 is 0. The molecular formula is C25H25N3O5. The predicted octanol–water partition coefficient (Wildman–Crippen LogP) is 5.87. The van der Waals surface area contributed by atoms with Crippen LogP contribution in [0.25, 0.3) is 16.7 Å². The number of carboxylic acid groups (broad SMARTS) is 1. The van der Waals surface area contributed by atoms with Crippen LogP contribution in [0.2, 0.25) is 0 Å². The van der Waals surface area contributed by atoms with Crippen LogP contribution in [-0.2, 0) is 4.79 Å². The van der Waals surface area contributed by atoms with Crippen molar-refractivity contribution in [3.63, 3.8) is 0 Å². The number of ketones is 1. The molecule has 4 rings (SSSR count). The third-order valence-corrected chi connectivity index (χ3v) is 5.50. The number of hydrogen-bond acceptors (Lipinski definition) is 7. The number of aliphatic carboxylic acids is 1. The maximum absolute atomic E-state index is 12.8. The van der Waals surface area contributed by atoms with Crippen molar-refractivity contribution < 1.29 is 23.8 Å². The van der Waals surface area contributed by atoms with Gasteiger partial charge < -0.3 is 14.3 Å². The smallest absolute Gasteiger partial charge is 0.307 e. The van der Waals surface area contributed by atoms with Gasteiger partial charge in [0.1, 0.15) is 11.3 Å². The number of carbonyl (C=O) groups is 2. The molecule has 0 saturated heterocycles. The number of benzene rings is 2. The van der Waals surface area contributed by atoms with Crippen LogP contribution in [0.3, 0.4) is 0 Å². The molecule has 1 aliphatic heterocycles. The fourth-order valence-electron chi connectivity index (χ4n) is 3.65. The number of ether oxygens (including phenoxy) is 1. The Kier molecular flexibility index (Phi) is 6.53. The van der Waals surface area contributed by atoms with Crippen LogP contribution < -0.4 is 4.74 Å². The van der Waals surface area contributed by atoms with Gasteiger partial charge >= 0.3 is 5.97 Å². The molecule has 8 nitrogen and oxygen atoms in total. The number of furan rings is 1. The lowest BCUT2D eigenvalue weighted by Gasteiger charge is -2.25. The van der Waals surface area contributed by atoms with Crippen LogP contribution in [0.15, 0.2) is 69.9 Å². The van der Waals surface area contributed by atoms with E-state index in [9.17, 15) is 14.7 Å². The van der Waals surface area contributed by atoms with E-state index in [1.54, 1.807) is 17.1 Å². The first-order valence-corrected chi connectivity index (χ1v) is 10.9. The lowest BCUT2D eigenvalue weighted by Crippen LogP contribution is -2.25. The standard InChI is InChI=1S/C25H25N3O5/c1-3-12-32-19-9-8-17-14-24(33-23(17)15-19)22(29)13-18(25(30)31)10-11-28-16(2)20-6-4-5-7-21(20)26-27-28/h4-9,14-15,18H,2-3,10-13H2,1H3,(H,30,31). The molecule has 0 bridgehead atoms. The molecule has 1 atom stereocenters. The molecule has 1 aromatic heterocycles. The summed E-state index contributed by atoms with van der Waals surface area (Å²) in [6.45, 7) is 6.94. The van der Waals surface area contributed by atoms with E-state index in [1.165, 1.54) is 0 Å². The third-order valence-electron chi connectivity index (χ3n) is 5.50. The molecule has 1 N–H and O–H groups in total. The number of rotatable bonds is 10. The lowest BCUT2D eigenvalue weighted by molar-refractivity contribution is -0.142. The number of fused-ring (bicyclic) bond motifs is 2. The molecule has 1 aliphatic rings. The molecule has 8 heteroatoms. The van der Waals surface area contributed by atoms with Crippen LogP contribution >= 0.6 is 0 Å². The van der Waals surface area contributed by atoms with Crippen LogP contribution in [0.1, 0.15) is 42.3 Å². The molecule has 2 aromatic carbocycles. The van der Waals surface area contributed by atoms with Crippen molar-refractivity contribution in [2.75, 3.05) is 13.2 Å². The first-order valence-electron chi connectivity index (χ1n) is 10.9. The summed E-state index contributed by atoms with van der Waals surface area (Å²) in [7, 11) is 0. The lowest BCUT2D eigenvalue weighted by atomic mass is 9.97. The van der Waals surface area contributed by atoms with Gasteiger partial charge in [-0.15, -0.1) is 5.11 Å². The van der Waals surface area contributed by atoms with Crippen molar-refractivity contribution in [1.82, 2.24) is 5.01 Å². The number of carboxylic acids is 1. The van der Waals surface area contributed by atoms with Crippen molar-refractivity contribution in [2.45, 2.75) is 26.2 Å². The van der Waals surface area contributed by atoms with E-state index in [4.69, 9.17) is 9.15 Å². The van der Waals surface area contributed by atoms with Crippen molar-refractivity contribution in [3.8, 4) is 5.75 Å². The van der Waals surface area contributed by atoms with Gasteiger partial charge in [-0.1, -0.05) is 36.9 Å². The summed E-state index contributed by atoms with van der Waals surface area (Å²) < 4.78 is 11.3. The Morgan fingerprint density at radius 3 is 2.82 bits per heavy atom. The fraction of sp³-hybridized carbons (Fsp3) is 0.280. The van der Waals surface area contributed by atoms with E-state index >= 15 is 0 Å². The van der Waals surface area contributed by atoms with Gasteiger partial charge in [0.2, 0.25) is 0 Å². The molecule has 0 spiro atoms. The Bertz CT molecular complexity index is 1230. The summed E-state index contributed by atoms with van der Waals surface area (Å²) in [6, 6.07) is 14.5. The summed E-state index contributed by atoms with van der Waals surface area (Å²) in [5.41, 5.74) is 2.74. The van der Waals surface area contributed by atoms with E-state index in [-0.39, 0.29) is 30.9 Å². The third kappa shape index (κ3) is 4.95. The highest BCUT2D eigenvalue weighted by molar-refractivity contribution is 5.99. The first kappa shape index (κ1) is 22.3. The molecule has 0 fully saturated rings. The largest absolute Gasteiger partial charge is 0.493 e. The molecule has 2 heterocycles. The second-order valence-electron chi connectivity index (χ2n) is 7.89. The van der Waals surface area contributed by atoms with Gasteiger partial charge in [-0.25, -0.2) is 5.01 Å². The maximum atomic E-state index is 12.8. The maximum Gasteiger partial charge on any atom is 0.307 e. The topological polar surface area (TPSA) is 105 Å². The van der Waals surface area contributed by atoms with Gasteiger partial charge in [-0.05, 0) is 37.1 Å². The Balaban J connectivity index is 1.41. The molecule has 0 saturated carbocycles. The van der Waals surface area contributed by atoms with E-state index in [0.717, 1.165) is 23.1 Å². The van der Waals surface area contributed by atoms with Gasteiger partial charge in [-0.2, -0.15) is 0 Å². The van der Waals surface area contributed by atoms with Crippen molar-refractivity contribution in [1.29, 1.82) is 0 Å². The Morgan fingerprint density at radius 1 is 1.21 bits per heavy atom. The van der Waals surface area contributed by atoms with Crippen LogP contribution in [0, 0.1) is 5.92 Å². The Labute approximate surface area is 191 Å². The van der Waals surface area contributed by atoms with Crippen molar-refractivity contribution >= 4 is 34.1 Å². The second-order valence-corrected chi connectivity index (χ2v) is 7.89.